The molecule has 0 unspecified atom stereocenters. The van der Waals surface area contributed by atoms with Gasteiger partial charge in [0, 0.05) is 11.8 Å². The van der Waals surface area contributed by atoms with Gasteiger partial charge in [-0.3, -0.25) is 19.7 Å². The van der Waals surface area contributed by atoms with Gasteiger partial charge in [0.1, 0.15) is 5.69 Å². The van der Waals surface area contributed by atoms with Crippen LogP contribution in [0, 0.1) is 33.8 Å². The number of hydrogen-bond acceptors (Lipinski definition) is 5. The predicted molar refractivity (Wildman–Crippen MR) is 115 cm³/mol. The maximum atomic E-state index is 13.0. The monoisotopic (exact) mass is 415 g/mol. The average molecular weight is 415 g/mol. The zero-order valence-electron chi connectivity index (χ0n) is 16.8. The van der Waals surface area contributed by atoms with E-state index < -0.39 is 4.92 Å². The van der Waals surface area contributed by atoms with E-state index in [9.17, 15) is 19.7 Å². The highest BCUT2D eigenvalue weighted by molar-refractivity contribution is 6.23. The maximum Gasteiger partial charge on any atom is 0.294 e. The zero-order chi connectivity index (χ0) is 21.3. The Hall–Kier alpha value is -3.48. The lowest BCUT2D eigenvalue weighted by Gasteiger charge is -2.18. The molecule has 31 heavy (non-hydrogen) atoms. The number of allylic oxidation sites excluding steroid dienone is 2. The number of rotatable bonds is 4. The largest absolute Gasteiger partial charge is 0.350 e. The van der Waals surface area contributed by atoms with Crippen LogP contribution in [0.3, 0.4) is 0 Å². The number of benzene rings is 2. The summed E-state index contributed by atoms with van der Waals surface area (Å²) in [7, 11) is 0. The van der Waals surface area contributed by atoms with Crippen molar-refractivity contribution in [3.63, 3.8) is 0 Å². The second kappa shape index (κ2) is 6.51. The number of aryl methyl sites for hydroxylation is 2. The number of imide groups is 1. The molecule has 4 atom stereocenters. The minimum absolute atomic E-state index is 0.104. The summed E-state index contributed by atoms with van der Waals surface area (Å²) in [5.41, 5.74) is 3.85. The van der Waals surface area contributed by atoms with Crippen LogP contribution in [-0.4, -0.2) is 16.7 Å². The fourth-order valence-corrected chi connectivity index (χ4v) is 5.88. The Morgan fingerprint density at radius 3 is 2.35 bits per heavy atom. The highest BCUT2D eigenvalue weighted by Gasteiger charge is 2.59. The SMILES string of the molecule is O=C1[C@@H]2[C@@H](C(=O)N1c1ccc(Nc3ccc4c(c3)CCC4)c([N+](=O)[O-])c1)[C@H]1C=C[C@H]2C1. The smallest absolute Gasteiger partial charge is 0.294 e. The second-order valence-electron chi connectivity index (χ2n) is 8.93. The lowest BCUT2D eigenvalue weighted by atomic mass is 9.85. The molecule has 2 fully saturated rings. The van der Waals surface area contributed by atoms with Gasteiger partial charge in [-0.2, -0.15) is 0 Å². The van der Waals surface area contributed by atoms with Gasteiger partial charge in [0.2, 0.25) is 11.8 Å². The Labute approximate surface area is 178 Å². The molecule has 4 aliphatic rings. The number of carbonyl (C=O) groups excluding carboxylic acids is 2. The Balaban J connectivity index is 1.32. The Kier molecular flexibility index (Phi) is 3.84. The molecule has 2 amide bonds. The van der Waals surface area contributed by atoms with E-state index >= 15 is 0 Å². The molecule has 1 saturated carbocycles. The van der Waals surface area contributed by atoms with Crippen molar-refractivity contribution in [1.82, 2.24) is 0 Å². The normalized spacial score (nSPS) is 27.7. The van der Waals surface area contributed by atoms with E-state index in [4.69, 9.17) is 0 Å². The summed E-state index contributed by atoms with van der Waals surface area (Å²) >= 11 is 0. The van der Waals surface area contributed by atoms with E-state index in [1.807, 2.05) is 24.3 Å². The third-order valence-electron chi connectivity index (χ3n) is 7.28. The standard InChI is InChI=1S/C24H21N3O4/c28-23-21-15-4-5-16(10-15)22(21)24(29)26(23)18-8-9-19(20(12-18)27(30)31)25-17-7-6-13-2-1-3-14(13)11-17/h4-9,11-12,15-16,21-22,25H,1-3,10H2/t15-,16-,21-,22-/m0/s1. The fourth-order valence-electron chi connectivity index (χ4n) is 5.88. The molecule has 1 aliphatic heterocycles. The van der Waals surface area contributed by atoms with Crippen molar-refractivity contribution in [3.05, 3.63) is 69.8 Å². The molecule has 6 rings (SSSR count). The molecule has 156 valence electrons. The zero-order valence-corrected chi connectivity index (χ0v) is 16.8. The van der Waals surface area contributed by atoms with Crippen molar-refractivity contribution < 1.29 is 14.5 Å². The molecule has 2 aromatic rings. The maximum absolute atomic E-state index is 13.0. The van der Waals surface area contributed by atoms with Gasteiger partial charge in [0.05, 0.1) is 22.4 Å². The van der Waals surface area contributed by atoms with Crippen molar-refractivity contribution in [3.8, 4) is 0 Å². The Morgan fingerprint density at radius 1 is 0.935 bits per heavy atom. The molecular weight excluding hydrogens is 394 g/mol. The third kappa shape index (κ3) is 2.65. The van der Waals surface area contributed by atoms with Crippen LogP contribution in [-0.2, 0) is 22.4 Å². The average Bonchev–Trinajstić information content (AvgIpc) is 3.52. The van der Waals surface area contributed by atoms with Crippen molar-refractivity contribution in [2.24, 2.45) is 23.7 Å². The van der Waals surface area contributed by atoms with Gasteiger partial charge < -0.3 is 5.32 Å². The van der Waals surface area contributed by atoms with E-state index in [0.29, 0.717) is 5.69 Å². The van der Waals surface area contributed by atoms with Gasteiger partial charge in [0.25, 0.3) is 5.69 Å². The predicted octanol–water partition coefficient (Wildman–Crippen LogP) is 4.14. The number of nitrogens with one attached hydrogen (secondary N) is 1. The summed E-state index contributed by atoms with van der Waals surface area (Å²) in [5.74, 6) is -0.920. The highest BCUT2D eigenvalue weighted by atomic mass is 16.6. The number of nitrogens with zero attached hydrogens (tertiary/aromatic N) is 2. The number of hydrogen-bond donors (Lipinski definition) is 1. The van der Waals surface area contributed by atoms with Crippen LogP contribution in [0.1, 0.15) is 24.0 Å². The summed E-state index contributed by atoms with van der Waals surface area (Å²) in [6, 6.07) is 10.6. The first-order valence-corrected chi connectivity index (χ1v) is 10.7. The topological polar surface area (TPSA) is 92.6 Å². The molecule has 2 aromatic carbocycles. The number of amides is 2. The van der Waals surface area contributed by atoms with E-state index in [1.165, 1.54) is 17.2 Å². The lowest BCUT2D eigenvalue weighted by Crippen LogP contribution is -2.32. The number of anilines is 3. The van der Waals surface area contributed by atoms with Gasteiger partial charge >= 0.3 is 0 Å². The van der Waals surface area contributed by atoms with Crippen LogP contribution in [0.15, 0.2) is 48.6 Å². The molecule has 0 spiro atoms. The van der Waals surface area contributed by atoms with Gasteiger partial charge in [0.15, 0.2) is 0 Å². The van der Waals surface area contributed by atoms with Gasteiger partial charge in [-0.25, -0.2) is 4.90 Å². The van der Waals surface area contributed by atoms with E-state index in [1.54, 1.807) is 12.1 Å². The highest BCUT2D eigenvalue weighted by Crippen LogP contribution is 2.53. The molecule has 1 heterocycles. The molecule has 1 saturated heterocycles. The Morgan fingerprint density at radius 2 is 1.65 bits per heavy atom. The third-order valence-corrected chi connectivity index (χ3v) is 7.28. The van der Waals surface area contributed by atoms with E-state index in [0.717, 1.165) is 36.3 Å². The molecular formula is C24H21N3O4. The first-order chi connectivity index (χ1) is 15.0. The van der Waals surface area contributed by atoms with Crippen LogP contribution >= 0.6 is 0 Å². The van der Waals surface area contributed by atoms with Crippen LogP contribution in [0.5, 0.6) is 0 Å². The van der Waals surface area contributed by atoms with E-state index in [-0.39, 0.29) is 46.9 Å². The van der Waals surface area contributed by atoms with Crippen LogP contribution in [0.2, 0.25) is 0 Å². The molecule has 7 nitrogen and oxygen atoms in total. The summed E-state index contributed by atoms with van der Waals surface area (Å²) in [5, 5.41) is 15.0. The van der Waals surface area contributed by atoms with Crippen LogP contribution in [0.25, 0.3) is 0 Å². The number of nitro benzene ring substituents is 1. The van der Waals surface area contributed by atoms with Gasteiger partial charge in [-0.15, -0.1) is 0 Å². The number of fused-ring (bicyclic) bond motifs is 6. The van der Waals surface area contributed by atoms with Gasteiger partial charge in [-0.05, 0) is 72.9 Å². The van der Waals surface area contributed by atoms with Gasteiger partial charge in [-0.1, -0.05) is 18.2 Å². The molecule has 7 heteroatoms. The van der Waals surface area contributed by atoms with Crippen molar-refractivity contribution >= 4 is 34.6 Å². The first kappa shape index (κ1) is 18.3. The molecule has 1 N–H and O–H groups in total. The van der Waals surface area contributed by atoms with Crippen LogP contribution < -0.4 is 10.2 Å². The minimum atomic E-state index is -0.476. The molecule has 2 bridgehead atoms. The number of carbonyl (C=O) groups is 2. The molecule has 3 aliphatic carbocycles. The summed E-state index contributed by atoms with van der Waals surface area (Å²) in [6.07, 6.45) is 8.14. The van der Waals surface area contributed by atoms with Crippen molar-refractivity contribution in [2.75, 3.05) is 10.2 Å². The lowest BCUT2D eigenvalue weighted by molar-refractivity contribution is -0.383. The summed E-state index contributed by atoms with van der Waals surface area (Å²) in [6.45, 7) is 0. The fraction of sp³-hybridized carbons (Fsp3) is 0.333. The molecule has 0 aromatic heterocycles. The first-order valence-electron chi connectivity index (χ1n) is 10.7. The minimum Gasteiger partial charge on any atom is -0.350 e. The van der Waals surface area contributed by atoms with Crippen molar-refractivity contribution in [1.29, 1.82) is 0 Å². The van der Waals surface area contributed by atoms with Crippen LogP contribution in [0.4, 0.5) is 22.7 Å². The number of nitro groups is 1. The van der Waals surface area contributed by atoms with E-state index in [2.05, 4.69) is 11.4 Å². The van der Waals surface area contributed by atoms with Crippen molar-refractivity contribution in [2.45, 2.75) is 25.7 Å². The second-order valence-corrected chi connectivity index (χ2v) is 8.93. The quantitative estimate of drug-likeness (QED) is 0.351. The summed E-state index contributed by atoms with van der Waals surface area (Å²) < 4.78 is 0. The Bertz CT molecular complexity index is 1160. The summed E-state index contributed by atoms with van der Waals surface area (Å²) in [4.78, 5) is 38.6. The molecule has 0 radical (unpaired) electrons.